The van der Waals surface area contributed by atoms with E-state index in [1.54, 1.807) is 27.3 Å². The van der Waals surface area contributed by atoms with Crippen LogP contribution in [0.1, 0.15) is 5.56 Å². The molecule has 0 spiro atoms. The summed E-state index contributed by atoms with van der Waals surface area (Å²) in [5.41, 5.74) is 0.865. The average molecular weight is 318 g/mol. The van der Waals surface area contributed by atoms with Crippen LogP contribution >= 0.6 is 11.8 Å². The molecular weight excluding hydrogens is 300 g/mol. The monoisotopic (exact) mass is 318 g/mol. The second kappa shape index (κ2) is 7.17. The molecule has 0 radical (unpaired) electrons. The third-order valence-corrected chi connectivity index (χ3v) is 4.19. The number of thioether (sulfide) groups is 1. The zero-order chi connectivity index (χ0) is 16.1. The summed E-state index contributed by atoms with van der Waals surface area (Å²) in [6.45, 7) is 4.03. The van der Waals surface area contributed by atoms with E-state index in [2.05, 4.69) is 11.6 Å². The molecule has 1 aromatic carbocycles. The van der Waals surface area contributed by atoms with Crippen molar-refractivity contribution in [2.24, 2.45) is 4.99 Å². The van der Waals surface area contributed by atoms with Crippen molar-refractivity contribution in [2.75, 3.05) is 27.8 Å². The third-order valence-electron chi connectivity index (χ3n) is 3.04. The van der Waals surface area contributed by atoms with Crippen molar-refractivity contribution in [2.45, 2.75) is 0 Å². The molecule has 1 aliphatic rings. The van der Waals surface area contributed by atoms with Crippen molar-refractivity contribution in [1.82, 2.24) is 4.90 Å². The summed E-state index contributed by atoms with van der Waals surface area (Å²) < 4.78 is 10.8. The molecule has 0 unspecified atom stereocenters. The average Bonchev–Trinajstić information content (AvgIpc) is 2.81. The number of ether oxygens (including phenoxy) is 2. The topological polar surface area (TPSA) is 51.1 Å². The summed E-state index contributed by atoms with van der Waals surface area (Å²) in [6.07, 6.45) is 3.49. The summed E-state index contributed by atoms with van der Waals surface area (Å²) in [5.74, 6) is 1.20. The highest BCUT2D eigenvalue weighted by Crippen LogP contribution is 2.33. The molecule has 6 heteroatoms. The van der Waals surface area contributed by atoms with E-state index in [1.807, 2.05) is 24.3 Å². The number of rotatable bonds is 5. The van der Waals surface area contributed by atoms with Gasteiger partial charge in [-0.2, -0.15) is 0 Å². The number of amidine groups is 1. The van der Waals surface area contributed by atoms with E-state index in [-0.39, 0.29) is 5.91 Å². The van der Waals surface area contributed by atoms with Crippen molar-refractivity contribution in [3.8, 4) is 11.5 Å². The minimum Gasteiger partial charge on any atom is -0.493 e. The van der Waals surface area contributed by atoms with E-state index in [1.165, 1.54) is 16.7 Å². The van der Waals surface area contributed by atoms with Crippen LogP contribution in [-0.4, -0.2) is 43.8 Å². The van der Waals surface area contributed by atoms with Crippen LogP contribution in [0.25, 0.3) is 6.08 Å². The van der Waals surface area contributed by atoms with Crippen LogP contribution in [-0.2, 0) is 4.79 Å². The first-order valence-corrected chi connectivity index (χ1v) is 7.48. The van der Waals surface area contributed by atoms with Gasteiger partial charge in [-0.15, -0.1) is 0 Å². The number of carbonyl (C=O) groups is 1. The van der Waals surface area contributed by atoms with Crippen molar-refractivity contribution in [1.29, 1.82) is 0 Å². The number of hydrogen-bond donors (Lipinski definition) is 0. The molecule has 1 aliphatic heterocycles. The first-order valence-electron chi connectivity index (χ1n) is 6.66. The number of benzene rings is 1. The molecule has 0 saturated carbocycles. The van der Waals surface area contributed by atoms with Gasteiger partial charge in [0.05, 0.1) is 12.0 Å². The van der Waals surface area contributed by atoms with Gasteiger partial charge in [-0.1, -0.05) is 18.7 Å². The highest BCUT2D eigenvalue weighted by molar-refractivity contribution is 8.18. The van der Waals surface area contributed by atoms with Crippen LogP contribution in [0, 0.1) is 0 Å². The van der Waals surface area contributed by atoms with Gasteiger partial charge in [0.15, 0.2) is 16.7 Å². The fraction of sp³-hybridized carbons (Fsp3) is 0.250. The number of methoxy groups -OCH3 is 1. The van der Waals surface area contributed by atoms with Crippen LogP contribution < -0.4 is 9.47 Å². The fourth-order valence-electron chi connectivity index (χ4n) is 1.94. The first kappa shape index (κ1) is 16.2. The quantitative estimate of drug-likeness (QED) is 0.619. The second-order valence-electron chi connectivity index (χ2n) is 4.49. The van der Waals surface area contributed by atoms with Gasteiger partial charge >= 0.3 is 0 Å². The Morgan fingerprint density at radius 1 is 1.41 bits per heavy atom. The van der Waals surface area contributed by atoms with Crippen LogP contribution in [0.2, 0.25) is 0 Å². The summed E-state index contributed by atoms with van der Waals surface area (Å²) in [7, 11) is 4.97. The van der Waals surface area contributed by atoms with Gasteiger partial charge in [0, 0.05) is 14.1 Å². The molecule has 1 aromatic rings. The Bertz CT molecular complexity index is 653. The molecule has 5 nitrogen and oxygen atoms in total. The lowest BCUT2D eigenvalue weighted by Gasteiger charge is -2.10. The molecule has 22 heavy (non-hydrogen) atoms. The molecule has 0 aliphatic carbocycles. The Balaban J connectivity index is 2.28. The number of aliphatic imine (C=N–C) groups is 1. The summed E-state index contributed by atoms with van der Waals surface area (Å²) in [4.78, 5) is 18.4. The van der Waals surface area contributed by atoms with Gasteiger partial charge in [-0.25, -0.2) is 0 Å². The summed E-state index contributed by atoms with van der Waals surface area (Å²) in [5, 5.41) is 0.689. The smallest absolute Gasteiger partial charge is 0.266 e. The van der Waals surface area contributed by atoms with E-state index in [9.17, 15) is 4.79 Å². The van der Waals surface area contributed by atoms with Gasteiger partial charge in [0.1, 0.15) is 6.61 Å². The summed E-state index contributed by atoms with van der Waals surface area (Å²) >= 11 is 1.36. The molecule has 1 saturated heterocycles. The van der Waals surface area contributed by atoms with Crippen molar-refractivity contribution < 1.29 is 14.3 Å². The van der Waals surface area contributed by atoms with E-state index >= 15 is 0 Å². The van der Waals surface area contributed by atoms with Crippen LogP contribution in [0.3, 0.4) is 0 Å². The second-order valence-corrected chi connectivity index (χ2v) is 5.50. The zero-order valence-electron chi connectivity index (χ0n) is 12.8. The number of hydrogen-bond acceptors (Lipinski definition) is 5. The maximum absolute atomic E-state index is 12.1. The summed E-state index contributed by atoms with van der Waals surface area (Å²) in [6, 6.07) is 5.53. The molecule has 116 valence electrons. The van der Waals surface area contributed by atoms with Crippen LogP contribution in [0.15, 0.2) is 40.8 Å². The lowest BCUT2D eigenvalue weighted by atomic mass is 10.2. The van der Waals surface area contributed by atoms with Crippen molar-refractivity contribution >= 4 is 28.9 Å². The van der Waals surface area contributed by atoms with E-state index in [4.69, 9.17) is 9.47 Å². The lowest BCUT2D eigenvalue weighted by Crippen LogP contribution is -2.23. The Labute approximate surface area is 134 Å². The molecule has 0 aromatic heterocycles. The maximum atomic E-state index is 12.1. The minimum atomic E-state index is -0.0587. The Hall–Kier alpha value is -2.21. The standard InChI is InChI=1S/C16H18N2O3S/c1-5-8-21-12-7-6-11(9-13(12)20-4)10-14-15(19)18(3)16(17-2)22-14/h5-7,9-10H,1,8H2,2-4H3/b14-10-,17-16?. The molecule has 1 amide bonds. The van der Waals surface area contributed by atoms with E-state index in [0.29, 0.717) is 28.2 Å². The molecule has 1 heterocycles. The van der Waals surface area contributed by atoms with Crippen molar-refractivity contribution in [3.05, 3.63) is 41.3 Å². The Morgan fingerprint density at radius 2 is 2.18 bits per heavy atom. The number of likely N-dealkylation sites (N-methyl/N-ethyl adjacent to an activating group) is 1. The van der Waals surface area contributed by atoms with Crippen LogP contribution in [0.5, 0.6) is 11.5 Å². The number of carbonyl (C=O) groups excluding carboxylic acids is 1. The maximum Gasteiger partial charge on any atom is 0.266 e. The molecule has 0 atom stereocenters. The van der Waals surface area contributed by atoms with Crippen LogP contribution in [0.4, 0.5) is 0 Å². The zero-order valence-corrected chi connectivity index (χ0v) is 13.6. The van der Waals surface area contributed by atoms with Gasteiger partial charge in [-0.3, -0.25) is 14.7 Å². The third kappa shape index (κ3) is 3.33. The molecule has 0 bridgehead atoms. The van der Waals surface area contributed by atoms with Gasteiger partial charge < -0.3 is 9.47 Å². The number of nitrogens with zero attached hydrogens (tertiary/aromatic N) is 2. The molecule has 0 N–H and O–H groups in total. The van der Waals surface area contributed by atoms with Gasteiger partial charge in [0.2, 0.25) is 0 Å². The van der Waals surface area contributed by atoms with Gasteiger partial charge in [0.25, 0.3) is 5.91 Å². The lowest BCUT2D eigenvalue weighted by molar-refractivity contribution is -0.121. The Kier molecular flexibility index (Phi) is 5.27. The minimum absolute atomic E-state index is 0.0587. The molecule has 1 fully saturated rings. The first-order chi connectivity index (χ1) is 10.6. The predicted octanol–water partition coefficient (Wildman–Crippen LogP) is 2.79. The fourth-order valence-corrected chi connectivity index (χ4v) is 2.87. The largest absolute Gasteiger partial charge is 0.493 e. The van der Waals surface area contributed by atoms with Gasteiger partial charge in [-0.05, 0) is 35.5 Å². The highest BCUT2D eigenvalue weighted by Gasteiger charge is 2.29. The predicted molar refractivity (Wildman–Crippen MR) is 90.4 cm³/mol. The van der Waals surface area contributed by atoms with E-state index < -0.39 is 0 Å². The van der Waals surface area contributed by atoms with E-state index in [0.717, 1.165) is 5.56 Å². The highest BCUT2D eigenvalue weighted by atomic mass is 32.2. The molecule has 2 rings (SSSR count). The van der Waals surface area contributed by atoms with Crippen molar-refractivity contribution in [3.63, 3.8) is 0 Å². The number of amides is 1. The Morgan fingerprint density at radius 3 is 2.77 bits per heavy atom. The normalized spacial score (nSPS) is 18.1. The SMILES string of the molecule is C=CCOc1ccc(/C=C2\SC(=NC)N(C)C2=O)cc1OC. The molecular formula is C16H18N2O3S.